The lowest BCUT2D eigenvalue weighted by molar-refractivity contribution is 1.01. The van der Waals surface area contributed by atoms with Crippen molar-refractivity contribution in [2.24, 2.45) is 0 Å². The molecule has 1 rings (SSSR count). The molecule has 41 valence electrons. The molecular formula is C5H4ClN2. The Bertz CT molecular complexity index is 167. The SMILES string of the molecule is Cc1c[c]nnc1Cl. The Morgan fingerprint density at radius 2 is 2.50 bits per heavy atom. The third kappa shape index (κ3) is 0.954. The number of halogens is 1. The minimum absolute atomic E-state index is 0.448. The smallest absolute Gasteiger partial charge is 0.147 e. The second-order valence-corrected chi connectivity index (χ2v) is 1.81. The fourth-order valence-electron chi connectivity index (χ4n) is 0.337. The Kier molecular flexibility index (Phi) is 1.44. The van der Waals surface area contributed by atoms with Crippen molar-refractivity contribution in [1.29, 1.82) is 0 Å². The number of aryl methyl sites for hydroxylation is 1. The summed E-state index contributed by atoms with van der Waals surface area (Å²) in [6, 6.07) is 1.69. The first-order valence-electron chi connectivity index (χ1n) is 2.16. The molecule has 0 aromatic carbocycles. The van der Waals surface area contributed by atoms with Crippen molar-refractivity contribution in [2.75, 3.05) is 0 Å². The summed E-state index contributed by atoms with van der Waals surface area (Å²) in [5.41, 5.74) is 0.904. The molecule has 0 N–H and O–H groups in total. The van der Waals surface area contributed by atoms with Gasteiger partial charge >= 0.3 is 0 Å². The lowest BCUT2D eigenvalue weighted by atomic mass is 10.4. The van der Waals surface area contributed by atoms with Gasteiger partial charge in [0.05, 0.1) is 0 Å². The molecule has 0 spiro atoms. The highest BCUT2D eigenvalue weighted by Crippen LogP contribution is 2.06. The molecule has 0 atom stereocenters. The van der Waals surface area contributed by atoms with Gasteiger partial charge in [0.1, 0.15) is 6.20 Å². The van der Waals surface area contributed by atoms with E-state index in [0.29, 0.717) is 5.15 Å². The van der Waals surface area contributed by atoms with Gasteiger partial charge in [-0.15, -0.1) is 10.2 Å². The second kappa shape index (κ2) is 2.09. The molecule has 1 radical (unpaired) electrons. The zero-order chi connectivity index (χ0) is 5.98. The van der Waals surface area contributed by atoms with Crippen LogP contribution in [0, 0.1) is 13.1 Å². The number of nitrogens with zero attached hydrogens (tertiary/aromatic N) is 2. The van der Waals surface area contributed by atoms with Crippen LogP contribution in [-0.4, -0.2) is 10.2 Å². The van der Waals surface area contributed by atoms with Gasteiger partial charge in [0.15, 0.2) is 5.15 Å². The normalized spacial score (nSPS) is 9.25. The first kappa shape index (κ1) is 5.51. The number of rotatable bonds is 0. The van der Waals surface area contributed by atoms with Gasteiger partial charge in [-0.2, -0.15) is 0 Å². The maximum atomic E-state index is 5.52. The van der Waals surface area contributed by atoms with Gasteiger partial charge in [0, 0.05) is 0 Å². The third-order valence-corrected chi connectivity index (χ3v) is 1.18. The molecule has 1 aromatic rings. The van der Waals surface area contributed by atoms with E-state index < -0.39 is 0 Å². The van der Waals surface area contributed by atoms with E-state index in [1.807, 2.05) is 6.92 Å². The fraction of sp³-hybridized carbons (Fsp3) is 0.200. The standard InChI is InChI=1S/C5H4ClN2/c1-4-2-3-7-8-5(4)6/h2H,1H3. The van der Waals surface area contributed by atoms with E-state index >= 15 is 0 Å². The average Bonchev–Trinajstić information content (AvgIpc) is 1.77. The Morgan fingerprint density at radius 1 is 1.75 bits per heavy atom. The molecule has 0 unspecified atom stereocenters. The molecule has 2 nitrogen and oxygen atoms in total. The molecule has 3 heteroatoms. The van der Waals surface area contributed by atoms with Crippen LogP contribution in [0.5, 0.6) is 0 Å². The largest absolute Gasteiger partial charge is 0.154 e. The van der Waals surface area contributed by atoms with Crippen LogP contribution < -0.4 is 0 Å². The lowest BCUT2D eigenvalue weighted by Crippen LogP contribution is -1.82. The predicted octanol–water partition coefficient (Wildman–Crippen LogP) is 1.24. The molecule has 0 aliphatic rings. The van der Waals surface area contributed by atoms with Gasteiger partial charge in [0.25, 0.3) is 0 Å². The van der Waals surface area contributed by atoms with Crippen LogP contribution in [0.4, 0.5) is 0 Å². The summed E-state index contributed by atoms with van der Waals surface area (Å²) in [5.74, 6) is 0. The molecule has 0 amide bonds. The Hall–Kier alpha value is -0.630. The molecule has 0 saturated carbocycles. The third-order valence-electron chi connectivity index (χ3n) is 0.802. The zero-order valence-corrected chi connectivity index (χ0v) is 5.11. The van der Waals surface area contributed by atoms with Crippen molar-refractivity contribution in [3.05, 3.63) is 23.0 Å². The molecule has 0 aliphatic heterocycles. The summed E-state index contributed by atoms with van der Waals surface area (Å²) in [6.07, 6.45) is 2.56. The van der Waals surface area contributed by atoms with Gasteiger partial charge in [-0.05, 0) is 18.6 Å². The molecule has 8 heavy (non-hydrogen) atoms. The summed E-state index contributed by atoms with van der Waals surface area (Å²) in [7, 11) is 0. The van der Waals surface area contributed by atoms with Gasteiger partial charge in [-0.1, -0.05) is 11.6 Å². The average molecular weight is 128 g/mol. The van der Waals surface area contributed by atoms with Gasteiger partial charge in [0.2, 0.25) is 0 Å². The van der Waals surface area contributed by atoms with Gasteiger partial charge in [-0.25, -0.2) is 0 Å². The summed E-state index contributed by atoms with van der Waals surface area (Å²) < 4.78 is 0. The van der Waals surface area contributed by atoms with Crippen molar-refractivity contribution >= 4 is 11.6 Å². The summed E-state index contributed by atoms with van der Waals surface area (Å²) in [4.78, 5) is 0. The first-order chi connectivity index (χ1) is 3.80. The van der Waals surface area contributed by atoms with Gasteiger partial charge < -0.3 is 0 Å². The molecule has 1 heterocycles. The highest BCUT2D eigenvalue weighted by atomic mass is 35.5. The highest BCUT2D eigenvalue weighted by Gasteiger charge is 1.90. The van der Waals surface area contributed by atoms with Crippen molar-refractivity contribution in [1.82, 2.24) is 10.2 Å². The van der Waals surface area contributed by atoms with Crippen molar-refractivity contribution in [2.45, 2.75) is 6.92 Å². The number of aromatic nitrogens is 2. The minimum atomic E-state index is 0.448. The first-order valence-corrected chi connectivity index (χ1v) is 2.54. The quantitative estimate of drug-likeness (QED) is 0.524. The van der Waals surface area contributed by atoms with Crippen molar-refractivity contribution in [3.8, 4) is 0 Å². The van der Waals surface area contributed by atoms with Crippen LogP contribution in [-0.2, 0) is 0 Å². The molecular weight excluding hydrogens is 124 g/mol. The maximum Gasteiger partial charge on any atom is 0.154 e. The minimum Gasteiger partial charge on any atom is -0.147 e. The van der Waals surface area contributed by atoms with Crippen LogP contribution in [0.25, 0.3) is 0 Å². The fourth-order valence-corrected chi connectivity index (χ4v) is 0.429. The zero-order valence-electron chi connectivity index (χ0n) is 4.35. The summed E-state index contributed by atoms with van der Waals surface area (Å²) >= 11 is 5.52. The Balaban J connectivity index is 3.13. The Labute approximate surface area is 52.5 Å². The van der Waals surface area contributed by atoms with Crippen LogP contribution in [0.3, 0.4) is 0 Å². The second-order valence-electron chi connectivity index (χ2n) is 1.45. The van der Waals surface area contributed by atoms with E-state index in [-0.39, 0.29) is 0 Å². The highest BCUT2D eigenvalue weighted by molar-refractivity contribution is 6.30. The monoisotopic (exact) mass is 127 g/mol. The van der Waals surface area contributed by atoms with E-state index in [1.165, 1.54) is 0 Å². The Morgan fingerprint density at radius 3 is 2.88 bits per heavy atom. The van der Waals surface area contributed by atoms with Crippen LogP contribution in [0.2, 0.25) is 5.15 Å². The summed E-state index contributed by atoms with van der Waals surface area (Å²) in [6.45, 7) is 1.85. The van der Waals surface area contributed by atoms with E-state index in [1.54, 1.807) is 6.07 Å². The van der Waals surface area contributed by atoms with E-state index in [2.05, 4.69) is 16.4 Å². The van der Waals surface area contributed by atoms with Gasteiger partial charge in [-0.3, -0.25) is 0 Å². The van der Waals surface area contributed by atoms with Crippen LogP contribution >= 0.6 is 11.6 Å². The molecule has 0 fully saturated rings. The number of hydrogen-bond acceptors (Lipinski definition) is 2. The predicted molar refractivity (Wildman–Crippen MR) is 30.6 cm³/mol. The molecule has 0 bridgehead atoms. The molecule has 1 aromatic heterocycles. The van der Waals surface area contributed by atoms with E-state index in [4.69, 9.17) is 11.6 Å². The molecule has 0 aliphatic carbocycles. The molecule has 0 saturated heterocycles. The number of hydrogen-bond donors (Lipinski definition) is 0. The van der Waals surface area contributed by atoms with E-state index in [0.717, 1.165) is 5.56 Å². The van der Waals surface area contributed by atoms with Crippen molar-refractivity contribution < 1.29 is 0 Å². The maximum absolute atomic E-state index is 5.52. The topological polar surface area (TPSA) is 25.8 Å². The van der Waals surface area contributed by atoms with Crippen molar-refractivity contribution in [3.63, 3.8) is 0 Å². The lowest BCUT2D eigenvalue weighted by Gasteiger charge is -1.87. The van der Waals surface area contributed by atoms with Crippen LogP contribution in [0.15, 0.2) is 6.07 Å². The summed E-state index contributed by atoms with van der Waals surface area (Å²) in [5, 5.41) is 7.42. The van der Waals surface area contributed by atoms with E-state index in [9.17, 15) is 0 Å². The van der Waals surface area contributed by atoms with Crippen LogP contribution in [0.1, 0.15) is 5.56 Å².